The van der Waals surface area contributed by atoms with Crippen molar-refractivity contribution >= 4 is 4.82 Å². The molecule has 1 heteroatoms. The SMILES string of the molecule is [CH2]=[Ti]([C]1=C(C)C=CC1)[C]1=C(C)C=CC1. The summed E-state index contributed by atoms with van der Waals surface area (Å²) in [6.07, 6.45) is 11.4. The van der Waals surface area contributed by atoms with E-state index in [4.69, 9.17) is 0 Å². The molecule has 2 aliphatic rings. The van der Waals surface area contributed by atoms with Crippen LogP contribution >= 0.6 is 0 Å². The summed E-state index contributed by atoms with van der Waals surface area (Å²) >= 11 is -1.32. The molecule has 0 atom stereocenters. The van der Waals surface area contributed by atoms with Crippen LogP contribution in [-0.2, 0) is 17.4 Å². The van der Waals surface area contributed by atoms with Gasteiger partial charge in [-0.15, -0.1) is 0 Å². The van der Waals surface area contributed by atoms with Crippen molar-refractivity contribution in [1.29, 1.82) is 0 Å². The first-order chi connectivity index (χ1) is 6.70. The zero-order valence-corrected chi connectivity index (χ0v) is 10.5. The van der Waals surface area contributed by atoms with E-state index in [1.54, 1.807) is 7.76 Å². The molecule has 0 unspecified atom stereocenters. The van der Waals surface area contributed by atoms with E-state index in [1.807, 2.05) is 0 Å². The predicted octanol–water partition coefficient (Wildman–Crippen LogP) is 3.50. The van der Waals surface area contributed by atoms with Crippen molar-refractivity contribution in [3.8, 4) is 0 Å². The molecule has 2 rings (SSSR count). The molecule has 0 saturated heterocycles. The Morgan fingerprint density at radius 1 is 1.00 bits per heavy atom. The molecule has 0 aromatic heterocycles. The zero-order valence-electron chi connectivity index (χ0n) is 8.93. The summed E-state index contributed by atoms with van der Waals surface area (Å²) < 4.78 is 3.34. The molecule has 0 radical (unpaired) electrons. The number of allylic oxidation sites excluding steroid dienone is 8. The Labute approximate surface area is 92.1 Å². The first kappa shape index (κ1) is 10.1. The summed E-state index contributed by atoms with van der Waals surface area (Å²) in [5.41, 5.74) is 2.98. The van der Waals surface area contributed by atoms with Gasteiger partial charge in [0.15, 0.2) is 0 Å². The monoisotopic (exact) mass is 220 g/mol. The standard InChI is InChI=1S/2C6H7.CH2.Ti/c2*1-6-4-2-3-5-6;;/h2*2,4H,3H2,1H3;1H2;. The van der Waals surface area contributed by atoms with Crippen molar-refractivity contribution in [2.24, 2.45) is 0 Å². The molecule has 0 N–H and O–H groups in total. The van der Waals surface area contributed by atoms with Gasteiger partial charge in [0.05, 0.1) is 0 Å². The van der Waals surface area contributed by atoms with Gasteiger partial charge in [-0.1, -0.05) is 0 Å². The van der Waals surface area contributed by atoms with Gasteiger partial charge >= 0.3 is 92.1 Å². The van der Waals surface area contributed by atoms with Crippen LogP contribution in [0.4, 0.5) is 0 Å². The molecule has 0 aromatic carbocycles. The summed E-state index contributed by atoms with van der Waals surface area (Å²) in [6.45, 7) is 4.46. The average molecular weight is 220 g/mol. The summed E-state index contributed by atoms with van der Waals surface area (Å²) in [5.74, 6) is 0. The van der Waals surface area contributed by atoms with Crippen LogP contribution in [0.25, 0.3) is 0 Å². The van der Waals surface area contributed by atoms with Crippen molar-refractivity contribution in [2.45, 2.75) is 26.7 Å². The van der Waals surface area contributed by atoms with Crippen LogP contribution in [-0.4, -0.2) is 4.82 Å². The Morgan fingerprint density at radius 3 is 1.71 bits per heavy atom. The molecule has 0 saturated carbocycles. The second-order valence-electron chi connectivity index (χ2n) is 4.01. The van der Waals surface area contributed by atoms with Crippen molar-refractivity contribution < 1.29 is 17.4 Å². The van der Waals surface area contributed by atoms with Gasteiger partial charge in [0.25, 0.3) is 0 Å². The molecule has 0 aliphatic heterocycles. The van der Waals surface area contributed by atoms with E-state index in [9.17, 15) is 0 Å². The fourth-order valence-electron chi connectivity index (χ4n) is 2.13. The summed E-state index contributed by atoms with van der Waals surface area (Å²) in [7, 11) is 0. The van der Waals surface area contributed by atoms with Crippen molar-refractivity contribution in [3.63, 3.8) is 0 Å². The Kier molecular flexibility index (Phi) is 2.85. The molecule has 14 heavy (non-hydrogen) atoms. The van der Waals surface area contributed by atoms with Gasteiger partial charge in [0.2, 0.25) is 0 Å². The first-order valence-corrected chi connectivity index (χ1v) is 7.79. The molecule has 0 amide bonds. The van der Waals surface area contributed by atoms with Crippen LogP contribution in [0.3, 0.4) is 0 Å². The van der Waals surface area contributed by atoms with E-state index in [-0.39, 0.29) is 0 Å². The third-order valence-electron chi connectivity index (χ3n) is 3.06. The van der Waals surface area contributed by atoms with Crippen molar-refractivity contribution in [2.75, 3.05) is 0 Å². The van der Waals surface area contributed by atoms with Crippen LogP contribution in [0.2, 0.25) is 0 Å². The first-order valence-electron chi connectivity index (χ1n) is 5.12. The Bertz CT molecular complexity index is 365. The van der Waals surface area contributed by atoms with Crippen LogP contribution in [0, 0.1) is 0 Å². The minimum atomic E-state index is -1.32. The molecule has 0 heterocycles. The van der Waals surface area contributed by atoms with Gasteiger partial charge in [0, 0.05) is 0 Å². The molecule has 72 valence electrons. The maximum absolute atomic E-state index is 4.47. The quantitative estimate of drug-likeness (QED) is 0.624. The van der Waals surface area contributed by atoms with Gasteiger partial charge in [0.1, 0.15) is 0 Å². The molecule has 2 aliphatic carbocycles. The Morgan fingerprint density at radius 2 is 1.43 bits per heavy atom. The van der Waals surface area contributed by atoms with Crippen LogP contribution in [0.15, 0.2) is 43.2 Å². The normalized spacial score (nSPS) is 20.1. The van der Waals surface area contributed by atoms with E-state index in [2.05, 4.69) is 43.0 Å². The van der Waals surface area contributed by atoms with Gasteiger partial charge in [-0.2, -0.15) is 0 Å². The van der Waals surface area contributed by atoms with Crippen LogP contribution in [0.5, 0.6) is 0 Å². The van der Waals surface area contributed by atoms with Gasteiger partial charge in [-0.3, -0.25) is 0 Å². The number of rotatable bonds is 2. The third kappa shape index (κ3) is 1.69. The van der Waals surface area contributed by atoms with E-state index in [0.717, 1.165) is 0 Å². The molecule has 0 nitrogen and oxygen atoms in total. The van der Waals surface area contributed by atoms with Gasteiger partial charge < -0.3 is 0 Å². The van der Waals surface area contributed by atoms with Gasteiger partial charge in [-0.05, 0) is 0 Å². The molecule has 0 bridgehead atoms. The molecule has 0 fully saturated rings. The molecular formula is C13H16Ti. The summed E-state index contributed by atoms with van der Waals surface area (Å²) in [4.78, 5) is 4.47. The maximum atomic E-state index is 4.47. The van der Waals surface area contributed by atoms with Crippen LogP contribution in [0.1, 0.15) is 26.7 Å². The molecular weight excluding hydrogens is 204 g/mol. The van der Waals surface area contributed by atoms with Crippen molar-refractivity contribution in [1.82, 2.24) is 0 Å². The number of hydrogen-bond donors (Lipinski definition) is 0. The second kappa shape index (κ2) is 3.96. The molecule has 0 aromatic rings. The average Bonchev–Trinajstić information content (AvgIpc) is 2.73. The zero-order chi connectivity index (χ0) is 10.1. The van der Waals surface area contributed by atoms with Gasteiger partial charge in [-0.25, -0.2) is 0 Å². The predicted molar refractivity (Wildman–Crippen MR) is 60.0 cm³/mol. The fourth-order valence-corrected chi connectivity index (χ4v) is 5.59. The Hall–Kier alpha value is -0.456. The topological polar surface area (TPSA) is 0 Å². The number of hydrogen-bond acceptors (Lipinski definition) is 0. The second-order valence-corrected chi connectivity index (χ2v) is 7.39. The summed E-state index contributed by atoms with van der Waals surface area (Å²) in [5, 5.41) is 0. The minimum absolute atomic E-state index is 1.17. The summed E-state index contributed by atoms with van der Waals surface area (Å²) in [6, 6.07) is 0. The van der Waals surface area contributed by atoms with E-state index in [1.165, 1.54) is 24.0 Å². The van der Waals surface area contributed by atoms with E-state index >= 15 is 0 Å². The Balaban J connectivity index is 2.27. The fraction of sp³-hybridized carbons (Fsp3) is 0.308. The van der Waals surface area contributed by atoms with E-state index in [0.29, 0.717) is 0 Å². The third-order valence-corrected chi connectivity index (χ3v) is 7.20. The molecule has 0 spiro atoms. The van der Waals surface area contributed by atoms with Crippen LogP contribution < -0.4 is 0 Å². The van der Waals surface area contributed by atoms with Crippen molar-refractivity contribution in [3.05, 3.63) is 43.2 Å². The van der Waals surface area contributed by atoms with E-state index < -0.39 is 17.4 Å².